The van der Waals surface area contributed by atoms with E-state index in [1.807, 2.05) is 0 Å². The molecule has 1 atom stereocenters. The predicted octanol–water partition coefficient (Wildman–Crippen LogP) is 2.05. The Bertz CT molecular complexity index is 1130. The fourth-order valence-corrected chi connectivity index (χ4v) is 4.92. The standard InChI is InChI=1S/C22H23F2N3O7/c1-12-8-16(34-27-12)19(30)26-20-4-6-21(7-5-20,17(28)10-20)25-18(29)11-31-13-2-3-14-15(9-13)33-22(23,24)32-14/h2-3,8-9,17,28H,4-7,10-11H2,1H3,(H,25,29)(H,26,30). The first-order valence-electron chi connectivity index (χ1n) is 10.8. The number of fused-ring (bicyclic) bond motifs is 4. The van der Waals surface area contributed by atoms with Crippen molar-refractivity contribution in [1.82, 2.24) is 15.8 Å². The molecule has 1 unspecified atom stereocenters. The summed E-state index contributed by atoms with van der Waals surface area (Å²) < 4.78 is 45.4. The lowest BCUT2D eigenvalue weighted by molar-refractivity contribution is -0.286. The Morgan fingerprint density at radius 1 is 1.15 bits per heavy atom. The Kier molecular flexibility index (Phi) is 5.15. The molecule has 0 radical (unpaired) electrons. The minimum absolute atomic E-state index is 0.112. The summed E-state index contributed by atoms with van der Waals surface area (Å²) in [6.45, 7) is 1.34. The van der Waals surface area contributed by atoms with Crippen LogP contribution in [0.25, 0.3) is 0 Å². The number of aliphatic hydroxyl groups excluding tert-OH is 1. The number of benzene rings is 1. The SMILES string of the molecule is Cc1cc(C(=O)NC23CCC(NC(=O)COc4ccc5c(c4)OC(F)(F)O5)(CC2)C(O)C3)on1. The van der Waals surface area contributed by atoms with Crippen molar-refractivity contribution >= 4 is 11.8 Å². The lowest BCUT2D eigenvalue weighted by atomic mass is 9.60. The second-order valence-electron chi connectivity index (χ2n) is 9.06. The maximum absolute atomic E-state index is 13.1. The number of ether oxygens (including phenoxy) is 3. The van der Waals surface area contributed by atoms with Crippen molar-refractivity contribution in [2.24, 2.45) is 0 Å². The quantitative estimate of drug-likeness (QED) is 0.574. The minimum atomic E-state index is -3.74. The fraction of sp³-hybridized carbons (Fsp3) is 0.500. The summed E-state index contributed by atoms with van der Waals surface area (Å²) in [5.74, 6) is -0.886. The second-order valence-corrected chi connectivity index (χ2v) is 9.06. The van der Waals surface area contributed by atoms with Crippen LogP contribution in [-0.2, 0) is 4.79 Å². The number of nitrogens with one attached hydrogen (secondary N) is 2. The van der Waals surface area contributed by atoms with Gasteiger partial charge in [0.15, 0.2) is 18.1 Å². The molecular formula is C22H23F2N3O7. The fourth-order valence-electron chi connectivity index (χ4n) is 4.92. The molecule has 2 heterocycles. The number of carbonyl (C=O) groups excluding carboxylic acids is 2. The number of hydrogen-bond donors (Lipinski definition) is 3. The number of amides is 2. The zero-order chi connectivity index (χ0) is 24.1. The van der Waals surface area contributed by atoms with Crippen molar-refractivity contribution in [3.8, 4) is 17.2 Å². The number of alkyl halides is 2. The first-order chi connectivity index (χ1) is 16.1. The molecule has 0 saturated heterocycles. The number of carbonyl (C=O) groups is 2. The molecule has 4 aliphatic rings. The van der Waals surface area contributed by atoms with E-state index in [-0.39, 0.29) is 41.9 Å². The molecule has 1 aromatic heterocycles. The topological polar surface area (TPSA) is 132 Å². The van der Waals surface area contributed by atoms with Gasteiger partial charge in [-0.2, -0.15) is 0 Å². The molecule has 3 saturated carbocycles. The summed E-state index contributed by atoms with van der Waals surface area (Å²) in [6, 6.07) is 5.41. The normalized spacial score (nSPS) is 28.4. The highest BCUT2D eigenvalue weighted by atomic mass is 19.3. The number of rotatable bonds is 6. The molecule has 10 nitrogen and oxygen atoms in total. The number of aliphatic hydroxyl groups is 1. The molecule has 3 aliphatic carbocycles. The molecule has 2 amide bonds. The van der Waals surface area contributed by atoms with Crippen molar-refractivity contribution in [3.63, 3.8) is 0 Å². The maximum Gasteiger partial charge on any atom is 0.586 e. The van der Waals surface area contributed by atoms with Gasteiger partial charge in [0, 0.05) is 17.7 Å². The zero-order valence-corrected chi connectivity index (χ0v) is 18.2. The van der Waals surface area contributed by atoms with Gasteiger partial charge in [0.2, 0.25) is 5.76 Å². The van der Waals surface area contributed by atoms with E-state index in [9.17, 15) is 23.5 Å². The molecular weight excluding hydrogens is 456 g/mol. The van der Waals surface area contributed by atoms with Gasteiger partial charge in [0.25, 0.3) is 11.8 Å². The van der Waals surface area contributed by atoms with Crippen molar-refractivity contribution in [2.75, 3.05) is 6.61 Å². The van der Waals surface area contributed by atoms with Gasteiger partial charge >= 0.3 is 6.29 Å². The average molecular weight is 479 g/mol. The second kappa shape index (κ2) is 7.83. The van der Waals surface area contributed by atoms with Crippen LogP contribution in [-0.4, -0.2) is 52.2 Å². The molecule has 12 heteroatoms. The Hall–Kier alpha value is -3.41. The van der Waals surface area contributed by atoms with Crippen LogP contribution in [0, 0.1) is 6.92 Å². The number of hydrogen-bond acceptors (Lipinski definition) is 8. The average Bonchev–Trinajstić information content (AvgIpc) is 3.34. The van der Waals surface area contributed by atoms with E-state index < -0.39 is 29.4 Å². The van der Waals surface area contributed by atoms with E-state index >= 15 is 0 Å². The highest BCUT2D eigenvalue weighted by molar-refractivity contribution is 5.92. The molecule has 182 valence electrons. The van der Waals surface area contributed by atoms with Crippen LogP contribution in [0.15, 0.2) is 28.8 Å². The third kappa shape index (κ3) is 4.13. The number of aryl methyl sites for hydroxylation is 1. The van der Waals surface area contributed by atoms with Crippen LogP contribution in [0.3, 0.4) is 0 Å². The van der Waals surface area contributed by atoms with Gasteiger partial charge in [0.1, 0.15) is 5.75 Å². The van der Waals surface area contributed by atoms with Gasteiger partial charge in [-0.05, 0) is 51.2 Å². The van der Waals surface area contributed by atoms with E-state index in [2.05, 4.69) is 25.3 Å². The Balaban J connectivity index is 1.16. The monoisotopic (exact) mass is 479 g/mol. The largest absolute Gasteiger partial charge is 0.586 e. The van der Waals surface area contributed by atoms with Gasteiger partial charge in [-0.1, -0.05) is 5.16 Å². The van der Waals surface area contributed by atoms with Gasteiger partial charge < -0.3 is 34.5 Å². The molecule has 2 bridgehead atoms. The van der Waals surface area contributed by atoms with E-state index in [0.717, 1.165) is 0 Å². The number of aromatic nitrogens is 1. The Morgan fingerprint density at radius 3 is 2.56 bits per heavy atom. The van der Waals surface area contributed by atoms with Gasteiger partial charge in [-0.3, -0.25) is 9.59 Å². The van der Waals surface area contributed by atoms with Crippen molar-refractivity contribution in [2.45, 2.75) is 62.5 Å². The van der Waals surface area contributed by atoms with Crippen LogP contribution < -0.4 is 24.8 Å². The van der Waals surface area contributed by atoms with Gasteiger partial charge in [-0.25, -0.2) is 0 Å². The Morgan fingerprint density at radius 2 is 1.88 bits per heavy atom. The minimum Gasteiger partial charge on any atom is -0.484 e. The van der Waals surface area contributed by atoms with E-state index in [4.69, 9.17) is 9.26 Å². The van der Waals surface area contributed by atoms with E-state index in [1.165, 1.54) is 18.2 Å². The molecule has 1 aliphatic heterocycles. The van der Waals surface area contributed by atoms with Crippen LogP contribution in [0.2, 0.25) is 0 Å². The third-order valence-corrected chi connectivity index (χ3v) is 6.68. The molecule has 3 N–H and O–H groups in total. The first-order valence-corrected chi connectivity index (χ1v) is 10.8. The van der Waals surface area contributed by atoms with Gasteiger partial charge in [0.05, 0.1) is 17.3 Å². The van der Waals surface area contributed by atoms with Gasteiger partial charge in [-0.15, -0.1) is 8.78 Å². The number of halogens is 2. The zero-order valence-electron chi connectivity index (χ0n) is 18.2. The highest BCUT2D eigenvalue weighted by Gasteiger charge is 2.55. The maximum atomic E-state index is 13.1. The predicted molar refractivity (Wildman–Crippen MR) is 110 cm³/mol. The summed E-state index contributed by atoms with van der Waals surface area (Å²) in [5, 5.41) is 20.4. The van der Waals surface area contributed by atoms with Crippen molar-refractivity contribution in [1.29, 1.82) is 0 Å². The molecule has 34 heavy (non-hydrogen) atoms. The van der Waals surface area contributed by atoms with Crippen molar-refractivity contribution < 1.29 is 42.2 Å². The molecule has 6 rings (SSSR count). The summed E-state index contributed by atoms with van der Waals surface area (Å²) in [5.41, 5.74) is -0.820. The first kappa shape index (κ1) is 22.4. The smallest absolute Gasteiger partial charge is 0.484 e. The van der Waals surface area contributed by atoms with Crippen LogP contribution in [0.1, 0.15) is 48.4 Å². The van der Waals surface area contributed by atoms with E-state index in [0.29, 0.717) is 31.4 Å². The molecule has 2 aromatic rings. The third-order valence-electron chi connectivity index (χ3n) is 6.68. The van der Waals surface area contributed by atoms with Crippen LogP contribution in [0.4, 0.5) is 8.78 Å². The lowest BCUT2D eigenvalue weighted by Gasteiger charge is -2.56. The summed E-state index contributed by atoms with van der Waals surface area (Å²) >= 11 is 0. The molecule has 0 spiro atoms. The van der Waals surface area contributed by atoms with Crippen LogP contribution >= 0.6 is 0 Å². The van der Waals surface area contributed by atoms with E-state index in [1.54, 1.807) is 13.0 Å². The summed E-state index contributed by atoms with van der Waals surface area (Å²) in [7, 11) is 0. The molecule has 3 fully saturated rings. The Labute approximate surface area is 192 Å². The summed E-state index contributed by atoms with van der Waals surface area (Å²) in [6.07, 6.45) is -2.25. The highest BCUT2D eigenvalue weighted by Crippen LogP contribution is 2.47. The van der Waals surface area contributed by atoms with Crippen LogP contribution in [0.5, 0.6) is 17.2 Å². The molecule has 1 aromatic carbocycles. The summed E-state index contributed by atoms with van der Waals surface area (Å²) in [4.78, 5) is 25.1. The van der Waals surface area contributed by atoms with Crippen molar-refractivity contribution in [3.05, 3.63) is 35.7 Å². The number of nitrogens with zero attached hydrogens (tertiary/aromatic N) is 1. The lowest BCUT2D eigenvalue weighted by Crippen LogP contribution is -2.70.